The second-order valence-corrected chi connectivity index (χ2v) is 7.05. The maximum atomic E-state index is 13.9. The van der Waals surface area contributed by atoms with Gasteiger partial charge in [-0.05, 0) is 49.0 Å². The number of hydrogen-bond donors (Lipinski definition) is 2. The lowest BCUT2D eigenvalue weighted by Crippen LogP contribution is -2.16. The fourth-order valence-corrected chi connectivity index (χ4v) is 3.31. The van der Waals surface area contributed by atoms with Crippen LogP contribution in [0, 0.1) is 17.5 Å². The summed E-state index contributed by atoms with van der Waals surface area (Å²) in [6, 6.07) is 7.95. The first-order chi connectivity index (χ1) is 13.4. The standard InChI is InChI=1S/C18H17Cl2FN4O2S/c1-10-23-24-18(28)25(10)22-8-11-6-14(20)17(16(7-11)26-2)27-9-12-13(19)4-3-5-15(12)21/h3-7,22H,8-9H2,1-2H3,(H,24,28). The lowest BCUT2D eigenvalue weighted by atomic mass is 10.2. The third-order valence-electron chi connectivity index (χ3n) is 3.99. The molecule has 10 heteroatoms. The number of methoxy groups -OCH3 is 1. The van der Waals surface area contributed by atoms with Crippen LogP contribution in [0.4, 0.5) is 4.39 Å². The maximum absolute atomic E-state index is 13.9. The normalized spacial score (nSPS) is 10.8. The Balaban J connectivity index is 1.79. The van der Waals surface area contributed by atoms with E-state index in [1.54, 1.807) is 22.9 Å². The second kappa shape index (κ2) is 8.81. The number of aromatic amines is 1. The quantitative estimate of drug-likeness (QED) is 0.502. The fourth-order valence-electron chi connectivity index (χ4n) is 2.56. The van der Waals surface area contributed by atoms with Crippen molar-refractivity contribution in [3.05, 3.63) is 67.9 Å². The minimum absolute atomic E-state index is 0.0808. The highest BCUT2D eigenvalue weighted by atomic mass is 35.5. The molecule has 28 heavy (non-hydrogen) atoms. The summed E-state index contributed by atoms with van der Waals surface area (Å²) in [5, 5.41) is 7.34. The van der Waals surface area contributed by atoms with Gasteiger partial charge in [-0.25, -0.2) is 9.07 Å². The van der Waals surface area contributed by atoms with Crippen molar-refractivity contribution in [3.63, 3.8) is 0 Å². The van der Waals surface area contributed by atoms with E-state index in [1.165, 1.54) is 19.2 Å². The smallest absolute Gasteiger partial charge is 0.214 e. The van der Waals surface area contributed by atoms with E-state index in [1.807, 2.05) is 6.92 Å². The van der Waals surface area contributed by atoms with E-state index in [9.17, 15) is 4.39 Å². The first kappa shape index (κ1) is 20.4. The van der Waals surface area contributed by atoms with Crippen molar-refractivity contribution in [2.45, 2.75) is 20.1 Å². The number of nitrogens with zero attached hydrogens (tertiary/aromatic N) is 2. The molecule has 3 aromatic rings. The predicted molar refractivity (Wildman–Crippen MR) is 109 cm³/mol. The molecule has 0 aliphatic rings. The predicted octanol–water partition coefficient (Wildman–Crippen LogP) is 5.03. The zero-order valence-electron chi connectivity index (χ0n) is 15.1. The largest absolute Gasteiger partial charge is 0.493 e. The number of aromatic nitrogens is 3. The molecule has 0 aliphatic heterocycles. The molecule has 0 unspecified atom stereocenters. The van der Waals surface area contributed by atoms with Gasteiger partial charge in [-0.1, -0.05) is 29.3 Å². The van der Waals surface area contributed by atoms with E-state index < -0.39 is 5.82 Å². The van der Waals surface area contributed by atoms with E-state index in [-0.39, 0.29) is 17.2 Å². The Morgan fingerprint density at radius 3 is 2.71 bits per heavy atom. The monoisotopic (exact) mass is 442 g/mol. The highest BCUT2D eigenvalue weighted by Crippen LogP contribution is 2.37. The molecule has 0 radical (unpaired) electrons. The molecule has 0 atom stereocenters. The minimum Gasteiger partial charge on any atom is -0.493 e. The van der Waals surface area contributed by atoms with E-state index in [2.05, 4.69) is 15.6 Å². The molecule has 0 saturated carbocycles. The minimum atomic E-state index is -0.448. The average molecular weight is 443 g/mol. The van der Waals surface area contributed by atoms with Crippen LogP contribution in [-0.2, 0) is 13.2 Å². The van der Waals surface area contributed by atoms with Crippen molar-refractivity contribution in [1.29, 1.82) is 0 Å². The first-order valence-electron chi connectivity index (χ1n) is 8.20. The van der Waals surface area contributed by atoms with E-state index in [0.717, 1.165) is 5.56 Å². The molecular formula is C18H17Cl2FN4O2S. The van der Waals surface area contributed by atoms with Gasteiger partial charge < -0.3 is 14.9 Å². The van der Waals surface area contributed by atoms with E-state index in [0.29, 0.717) is 33.7 Å². The number of hydrogen-bond acceptors (Lipinski definition) is 5. The fraction of sp³-hybridized carbons (Fsp3) is 0.222. The van der Waals surface area contributed by atoms with Crippen LogP contribution in [0.25, 0.3) is 0 Å². The number of nitrogens with one attached hydrogen (secondary N) is 2. The average Bonchev–Trinajstić information content (AvgIpc) is 2.98. The van der Waals surface area contributed by atoms with Crippen LogP contribution in [0.1, 0.15) is 17.0 Å². The number of rotatable bonds is 7. The van der Waals surface area contributed by atoms with E-state index in [4.69, 9.17) is 44.9 Å². The molecule has 3 rings (SSSR count). The third kappa shape index (κ3) is 4.40. The summed E-state index contributed by atoms with van der Waals surface area (Å²) < 4.78 is 27.2. The van der Waals surface area contributed by atoms with Gasteiger partial charge in [0, 0.05) is 5.56 Å². The third-order valence-corrected chi connectivity index (χ3v) is 4.90. The highest BCUT2D eigenvalue weighted by Gasteiger charge is 2.15. The highest BCUT2D eigenvalue weighted by molar-refractivity contribution is 7.71. The van der Waals surface area contributed by atoms with Gasteiger partial charge in [0.2, 0.25) is 4.77 Å². The molecule has 148 valence electrons. The topological polar surface area (TPSA) is 64.1 Å². The zero-order valence-corrected chi connectivity index (χ0v) is 17.4. The van der Waals surface area contributed by atoms with Crippen molar-refractivity contribution in [2.75, 3.05) is 12.5 Å². The van der Waals surface area contributed by atoms with Crippen LogP contribution in [-0.4, -0.2) is 22.0 Å². The van der Waals surface area contributed by atoms with Crippen molar-refractivity contribution in [2.24, 2.45) is 0 Å². The molecule has 6 nitrogen and oxygen atoms in total. The Kier molecular flexibility index (Phi) is 6.43. The van der Waals surface area contributed by atoms with Crippen LogP contribution in [0.3, 0.4) is 0 Å². The number of ether oxygens (including phenoxy) is 2. The van der Waals surface area contributed by atoms with E-state index >= 15 is 0 Å². The molecule has 0 spiro atoms. The number of benzene rings is 2. The Bertz CT molecular complexity index is 1030. The summed E-state index contributed by atoms with van der Waals surface area (Å²) in [5.41, 5.74) is 4.23. The van der Waals surface area contributed by atoms with Gasteiger partial charge in [0.05, 0.1) is 23.7 Å². The van der Waals surface area contributed by atoms with Crippen LogP contribution in [0.15, 0.2) is 30.3 Å². The van der Waals surface area contributed by atoms with Crippen molar-refractivity contribution < 1.29 is 13.9 Å². The van der Waals surface area contributed by atoms with Gasteiger partial charge >= 0.3 is 0 Å². The molecule has 0 bridgehead atoms. The van der Waals surface area contributed by atoms with Crippen molar-refractivity contribution >= 4 is 35.4 Å². The summed E-state index contributed by atoms with van der Waals surface area (Å²) in [4.78, 5) is 0. The molecule has 2 aromatic carbocycles. The zero-order chi connectivity index (χ0) is 20.3. The molecule has 0 fully saturated rings. The Hall–Kier alpha value is -2.29. The lowest BCUT2D eigenvalue weighted by molar-refractivity contribution is 0.280. The molecule has 2 N–H and O–H groups in total. The summed E-state index contributed by atoms with van der Waals surface area (Å²) in [6.07, 6.45) is 0. The molecule has 1 aromatic heterocycles. The van der Waals surface area contributed by atoms with Crippen molar-refractivity contribution in [1.82, 2.24) is 14.9 Å². The van der Waals surface area contributed by atoms with Gasteiger partial charge in [0.1, 0.15) is 18.2 Å². The lowest BCUT2D eigenvalue weighted by Gasteiger charge is -2.16. The molecular weight excluding hydrogens is 426 g/mol. The van der Waals surface area contributed by atoms with Gasteiger partial charge in [0.15, 0.2) is 11.5 Å². The van der Waals surface area contributed by atoms with Gasteiger partial charge in [-0.2, -0.15) is 5.10 Å². The molecule has 0 amide bonds. The van der Waals surface area contributed by atoms with Gasteiger partial charge in [-0.15, -0.1) is 0 Å². The Morgan fingerprint density at radius 2 is 2.07 bits per heavy atom. The van der Waals surface area contributed by atoms with Crippen LogP contribution >= 0.6 is 35.4 Å². The Morgan fingerprint density at radius 1 is 1.29 bits per heavy atom. The summed E-state index contributed by atoms with van der Waals surface area (Å²) in [5.74, 6) is 0.980. The summed E-state index contributed by atoms with van der Waals surface area (Å²) in [6.45, 7) is 2.16. The SMILES string of the molecule is COc1cc(CNn2c(C)n[nH]c2=S)cc(Cl)c1OCc1c(F)cccc1Cl. The van der Waals surface area contributed by atoms with Gasteiger partial charge in [-0.3, -0.25) is 5.10 Å². The van der Waals surface area contributed by atoms with Gasteiger partial charge in [0.25, 0.3) is 0 Å². The van der Waals surface area contributed by atoms with Crippen LogP contribution < -0.4 is 14.9 Å². The number of aryl methyl sites for hydroxylation is 1. The maximum Gasteiger partial charge on any atom is 0.214 e. The second-order valence-electron chi connectivity index (χ2n) is 5.84. The summed E-state index contributed by atoms with van der Waals surface area (Å²) in [7, 11) is 1.50. The van der Waals surface area contributed by atoms with Crippen LogP contribution in [0.2, 0.25) is 10.0 Å². The first-order valence-corrected chi connectivity index (χ1v) is 9.37. The van der Waals surface area contributed by atoms with Crippen LogP contribution in [0.5, 0.6) is 11.5 Å². The number of H-pyrrole nitrogens is 1. The van der Waals surface area contributed by atoms with Crippen molar-refractivity contribution in [3.8, 4) is 11.5 Å². The molecule has 1 heterocycles. The molecule has 0 aliphatic carbocycles. The Labute approximate surface area is 176 Å². The summed E-state index contributed by atoms with van der Waals surface area (Å²) >= 11 is 17.6. The number of halogens is 3. The molecule has 0 saturated heterocycles.